The molecule has 0 aromatic carbocycles. The lowest BCUT2D eigenvalue weighted by Crippen LogP contribution is -2.40. The van der Waals surface area contributed by atoms with Gasteiger partial charge < -0.3 is 5.32 Å². The van der Waals surface area contributed by atoms with E-state index in [2.05, 4.69) is 39.9 Å². The van der Waals surface area contributed by atoms with Gasteiger partial charge >= 0.3 is 0 Å². The Hall–Kier alpha value is -0.0400. The molecule has 0 radical (unpaired) electrons. The molecule has 1 aliphatic carbocycles. The first kappa shape index (κ1) is 12.0. The molecular weight excluding hydrogens is 170 g/mol. The maximum Gasteiger partial charge on any atom is 0.00900 e. The molecule has 1 fully saturated rings. The molecule has 1 aliphatic rings. The van der Waals surface area contributed by atoms with E-state index < -0.39 is 0 Å². The van der Waals surface area contributed by atoms with Gasteiger partial charge in [-0.15, -0.1) is 0 Å². The van der Waals surface area contributed by atoms with Gasteiger partial charge in [-0.3, -0.25) is 0 Å². The quantitative estimate of drug-likeness (QED) is 0.726. The minimum absolute atomic E-state index is 0.576. The van der Waals surface area contributed by atoms with Gasteiger partial charge in [0.05, 0.1) is 0 Å². The maximum absolute atomic E-state index is 3.82. The third kappa shape index (κ3) is 3.27. The SMILES string of the molecule is CCC(NC1CCC(C)(C)C1)C(C)C. The molecule has 0 saturated heterocycles. The van der Waals surface area contributed by atoms with Crippen molar-refractivity contribution in [2.45, 2.75) is 72.4 Å². The Kier molecular flexibility index (Phi) is 4.00. The van der Waals surface area contributed by atoms with Gasteiger partial charge in [0.25, 0.3) is 0 Å². The zero-order valence-corrected chi connectivity index (χ0v) is 10.6. The van der Waals surface area contributed by atoms with Crippen LogP contribution in [0.2, 0.25) is 0 Å². The van der Waals surface area contributed by atoms with Crippen LogP contribution in [0.5, 0.6) is 0 Å². The second-order valence-electron chi connectivity index (χ2n) is 6.03. The fraction of sp³-hybridized carbons (Fsp3) is 1.00. The Balaban J connectivity index is 2.38. The predicted octanol–water partition coefficient (Wildman–Crippen LogP) is 3.59. The average Bonchev–Trinajstić information content (AvgIpc) is 2.41. The molecule has 0 aromatic rings. The van der Waals surface area contributed by atoms with Gasteiger partial charge in [-0.2, -0.15) is 0 Å². The Morgan fingerprint density at radius 2 is 2.00 bits per heavy atom. The fourth-order valence-corrected chi connectivity index (χ4v) is 2.66. The van der Waals surface area contributed by atoms with Crippen molar-refractivity contribution in [1.29, 1.82) is 0 Å². The van der Waals surface area contributed by atoms with Gasteiger partial charge in [0.2, 0.25) is 0 Å². The van der Waals surface area contributed by atoms with Crippen LogP contribution in [0.1, 0.15) is 60.3 Å². The van der Waals surface area contributed by atoms with Gasteiger partial charge in [-0.1, -0.05) is 34.6 Å². The molecule has 1 N–H and O–H groups in total. The summed E-state index contributed by atoms with van der Waals surface area (Å²) in [5.41, 5.74) is 0.576. The standard InChI is InChI=1S/C13H27N/c1-6-12(10(2)3)14-11-7-8-13(4,5)9-11/h10-12,14H,6-9H2,1-5H3. The van der Waals surface area contributed by atoms with E-state index in [9.17, 15) is 0 Å². The molecule has 2 unspecified atom stereocenters. The Bertz CT molecular complexity index is 172. The van der Waals surface area contributed by atoms with E-state index in [0.717, 1.165) is 12.0 Å². The summed E-state index contributed by atoms with van der Waals surface area (Å²) in [4.78, 5) is 0. The van der Waals surface area contributed by atoms with Crippen molar-refractivity contribution < 1.29 is 0 Å². The summed E-state index contributed by atoms with van der Waals surface area (Å²) in [5, 5.41) is 3.82. The first-order valence-corrected chi connectivity index (χ1v) is 6.20. The highest BCUT2D eigenvalue weighted by atomic mass is 15.0. The molecule has 1 nitrogen and oxygen atoms in total. The van der Waals surface area contributed by atoms with Gasteiger partial charge in [0, 0.05) is 12.1 Å². The van der Waals surface area contributed by atoms with E-state index in [-0.39, 0.29) is 0 Å². The minimum atomic E-state index is 0.576. The van der Waals surface area contributed by atoms with E-state index in [0.29, 0.717) is 11.5 Å². The zero-order valence-electron chi connectivity index (χ0n) is 10.6. The second-order valence-corrected chi connectivity index (χ2v) is 6.03. The minimum Gasteiger partial charge on any atom is -0.311 e. The van der Waals surface area contributed by atoms with Crippen LogP contribution in [0, 0.1) is 11.3 Å². The van der Waals surface area contributed by atoms with Crippen molar-refractivity contribution in [2.24, 2.45) is 11.3 Å². The number of rotatable bonds is 4. The molecule has 0 aromatic heterocycles. The lowest BCUT2D eigenvalue weighted by Gasteiger charge is -2.26. The summed E-state index contributed by atoms with van der Waals surface area (Å²) in [6.45, 7) is 11.7. The van der Waals surface area contributed by atoms with Crippen molar-refractivity contribution in [3.63, 3.8) is 0 Å². The maximum atomic E-state index is 3.82. The van der Waals surface area contributed by atoms with E-state index in [1.165, 1.54) is 25.7 Å². The second kappa shape index (κ2) is 4.65. The molecular formula is C13H27N. The highest BCUT2D eigenvalue weighted by Gasteiger charge is 2.31. The normalized spacial score (nSPS) is 28.3. The number of hydrogen-bond acceptors (Lipinski definition) is 1. The molecule has 14 heavy (non-hydrogen) atoms. The van der Waals surface area contributed by atoms with Gasteiger partial charge in [-0.25, -0.2) is 0 Å². The van der Waals surface area contributed by atoms with Crippen LogP contribution in [0.15, 0.2) is 0 Å². The van der Waals surface area contributed by atoms with Gasteiger partial charge in [0.1, 0.15) is 0 Å². The van der Waals surface area contributed by atoms with Crippen LogP contribution >= 0.6 is 0 Å². The third-order valence-electron chi connectivity index (χ3n) is 3.66. The molecule has 0 aliphatic heterocycles. The van der Waals surface area contributed by atoms with Crippen molar-refractivity contribution in [1.82, 2.24) is 5.32 Å². The zero-order chi connectivity index (χ0) is 10.8. The first-order chi connectivity index (χ1) is 6.44. The molecule has 0 amide bonds. The van der Waals surface area contributed by atoms with Crippen LogP contribution in [0.4, 0.5) is 0 Å². The van der Waals surface area contributed by atoms with Crippen molar-refractivity contribution in [3.05, 3.63) is 0 Å². The van der Waals surface area contributed by atoms with Crippen LogP contribution < -0.4 is 5.32 Å². The van der Waals surface area contributed by atoms with Crippen molar-refractivity contribution in [3.8, 4) is 0 Å². The highest BCUT2D eigenvalue weighted by molar-refractivity contribution is 4.88. The summed E-state index contributed by atoms with van der Waals surface area (Å²) in [5.74, 6) is 0.767. The van der Waals surface area contributed by atoms with Crippen molar-refractivity contribution >= 4 is 0 Å². The summed E-state index contributed by atoms with van der Waals surface area (Å²) in [7, 11) is 0. The lowest BCUT2D eigenvalue weighted by molar-refractivity contribution is 0.317. The molecule has 84 valence electrons. The van der Waals surface area contributed by atoms with E-state index in [1.54, 1.807) is 0 Å². The summed E-state index contributed by atoms with van der Waals surface area (Å²) in [6.07, 6.45) is 5.38. The highest BCUT2D eigenvalue weighted by Crippen LogP contribution is 2.37. The molecule has 1 rings (SSSR count). The summed E-state index contributed by atoms with van der Waals surface area (Å²) < 4.78 is 0. The van der Waals surface area contributed by atoms with Crippen LogP contribution in [0.25, 0.3) is 0 Å². The van der Waals surface area contributed by atoms with E-state index in [1.807, 2.05) is 0 Å². The fourth-order valence-electron chi connectivity index (χ4n) is 2.66. The first-order valence-electron chi connectivity index (χ1n) is 6.20. The molecule has 0 bridgehead atoms. The molecule has 0 heterocycles. The smallest absolute Gasteiger partial charge is 0.00900 e. The van der Waals surface area contributed by atoms with Crippen LogP contribution in [-0.2, 0) is 0 Å². The number of nitrogens with one attached hydrogen (secondary N) is 1. The van der Waals surface area contributed by atoms with E-state index >= 15 is 0 Å². The Morgan fingerprint density at radius 3 is 2.36 bits per heavy atom. The van der Waals surface area contributed by atoms with Crippen LogP contribution in [0.3, 0.4) is 0 Å². The number of hydrogen-bond donors (Lipinski definition) is 1. The predicted molar refractivity (Wildman–Crippen MR) is 63.5 cm³/mol. The molecule has 1 heteroatoms. The largest absolute Gasteiger partial charge is 0.311 e. The molecule has 1 saturated carbocycles. The summed E-state index contributed by atoms with van der Waals surface area (Å²) in [6, 6.07) is 1.49. The molecule has 2 atom stereocenters. The van der Waals surface area contributed by atoms with Crippen molar-refractivity contribution in [2.75, 3.05) is 0 Å². The topological polar surface area (TPSA) is 12.0 Å². The van der Waals surface area contributed by atoms with Crippen LogP contribution in [-0.4, -0.2) is 12.1 Å². The van der Waals surface area contributed by atoms with E-state index in [4.69, 9.17) is 0 Å². The van der Waals surface area contributed by atoms with Gasteiger partial charge in [-0.05, 0) is 37.0 Å². The Morgan fingerprint density at radius 1 is 1.36 bits per heavy atom. The molecule has 0 spiro atoms. The summed E-state index contributed by atoms with van der Waals surface area (Å²) >= 11 is 0. The Labute approximate surface area is 89.7 Å². The van der Waals surface area contributed by atoms with Gasteiger partial charge in [0.15, 0.2) is 0 Å². The average molecular weight is 197 g/mol. The monoisotopic (exact) mass is 197 g/mol. The third-order valence-corrected chi connectivity index (χ3v) is 3.66. The lowest BCUT2D eigenvalue weighted by atomic mass is 9.91.